The highest BCUT2D eigenvalue weighted by Gasteiger charge is 2.14. The van der Waals surface area contributed by atoms with Crippen LogP contribution in [0, 0.1) is 0 Å². The van der Waals surface area contributed by atoms with Gasteiger partial charge in [0.15, 0.2) is 0 Å². The molecule has 0 fully saturated rings. The lowest BCUT2D eigenvalue weighted by atomic mass is 10.3. The minimum Gasteiger partial charge on any atom is -0.477 e. The van der Waals surface area contributed by atoms with Crippen LogP contribution < -0.4 is 4.72 Å². The second-order valence-electron chi connectivity index (χ2n) is 3.53. The molecule has 0 aromatic carbocycles. The molecule has 2 heterocycles. The van der Waals surface area contributed by atoms with E-state index in [1.807, 2.05) is 0 Å². The van der Waals surface area contributed by atoms with Gasteiger partial charge >= 0.3 is 5.97 Å². The van der Waals surface area contributed by atoms with Crippen molar-refractivity contribution in [2.24, 2.45) is 0 Å². The van der Waals surface area contributed by atoms with Gasteiger partial charge < -0.3 is 5.11 Å². The molecule has 8 heteroatoms. The number of pyridine rings is 2. The van der Waals surface area contributed by atoms with Crippen LogP contribution in [0.3, 0.4) is 0 Å². The van der Waals surface area contributed by atoms with E-state index in [1.165, 1.54) is 36.7 Å². The summed E-state index contributed by atoms with van der Waals surface area (Å²) < 4.78 is 26.1. The molecular weight excluding hydrogens is 270 g/mol. The number of carboxylic acids is 1. The fraction of sp³-hybridized carbons (Fsp3) is 0. The Hall–Kier alpha value is -2.48. The molecule has 0 unspecified atom stereocenters. The van der Waals surface area contributed by atoms with Crippen LogP contribution in [0.2, 0.25) is 0 Å². The summed E-state index contributed by atoms with van der Waals surface area (Å²) in [5.41, 5.74) is 0.0122. The van der Waals surface area contributed by atoms with Gasteiger partial charge in [0.05, 0.1) is 11.9 Å². The second kappa shape index (κ2) is 5.02. The molecule has 19 heavy (non-hydrogen) atoms. The van der Waals surface area contributed by atoms with Crippen molar-refractivity contribution in [3.8, 4) is 0 Å². The van der Waals surface area contributed by atoms with E-state index in [0.717, 1.165) is 6.20 Å². The zero-order chi connectivity index (χ0) is 13.9. The maximum Gasteiger partial charge on any atom is 0.354 e. The number of rotatable bonds is 4. The molecule has 2 aromatic heterocycles. The van der Waals surface area contributed by atoms with Gasteiger partial charge in [0.1, 0.15) is 10.6 Å². The molecular formula is C11H9N3O4S. The first-order valence-electron chi connectivity index (χ1n) is 5.11. The van der Waals surface area contributed by atoms with E-state index in [9.17, 15) is 13.2 Å². The van der Waals surface area contributed by atoms with Crippen LogP contribution in [0.5, 0.6) is 0 Å². The first kappa shape index (κ1) is 13.0. The Morgan fingerprint density at radius 1 is 1.21 bits per heavy atom. The lowest BCUT2D eigenvalue weighted by Gasteiger charge is -2.07. The van der Waals surface area contributed by atoms with E-state index in [2.05, 4.69) is 14.7 Å². The number of aromatic nitrogens is 2. The summed E-state index contributed by atoms with van der Waals surface area (Å²) in [6, 6.07) is 5.43. The average molecular weight is 279 g/mol. The second-order valence-corrected chi connectivity index (χ2v) is 5.21. The van der Waals surface area contributed by atoms with Crippen molar-refractivity contribution in [2.45, 2.75) is 4.90 Å². The predicted octanol–water partition coefficient (Wildman–Crippen LogP) is 0.976. The number of aromatic carboxylic acids is 1. The summed E-state index contributed by atoms with van der Waals surface area (Å²) in [6.45, 7) is 0. The van der Waals surface area contributed by atoms with Crippen molar-refractivity contribution in [1.29, 1.82) is 0 Å². The highest BCUT2D eigenvalue weighted by atomic mass is 32.2. The minimum atomic E-state index is -3.75. The zero-order valence-electron chi connectivity index (χ0n) is 9.52. The third-order valence-electron chi connectivity index (χ3n) is 2.18. The van der Waals surface area contributed by atoms with Gasteiger partial charge in [0.2, 0.25) is 0 Å². The van der Waals surface area contributed by atoms with Crippen LogP contribution >= 0.6 is 0 Å². The van der Waals surface area contributed by atoms with Gasteiger partial charge in [0, 0.05) is 12.4 Å². The predicted molar refractivity (Wildman–Crippen MR) is 66.2 cm³/mol. The van der Waals surface area contributed by atoms with Crippen molar-refractivity contribution >= 4 is 21.7 Å². The van der Waals surface area contributed by atoms with Crippen LogP contribution in [0.1, 0.15) is 10.5 Å². The third kappa shape index (κ3) is 3.05. The number of sulfonamides is 1. The monoisotopic (exact) mass is 279 g/mol. The summed E-state index contributed by atoms with van der Waals surface area (Å²) in [5.74, 6) is -1.18. The van der Waals surface area contributed by atoms with Gasteiger partial charge in [-0.1, -0.05) is 0 Å². The van der Waals surface area contributed by atoms with Crippen molar-refractivity contribution in [2.75, 3.05) is 4.72 Å². The number of nitrogens with zero attached hydrogens (tertiary/aromatic N) is 2. The summed E-state index contributed by atoms with van der Waals surface area (Å²) in [7, 11) is -3.75. The van der Waals surface area contributed by atoms with E-state index >= 15 is 0 Å². The maximum absolute atomic E-state index is 11.9. The summed E-state index contributed by atoms with van der Waals surface area (Å²) in [5, 5.41) is 8.68. The van der Waals surface area contributed by atoms with Crippen molar-refractivity contribution in [3.05, 3.63) is 48.5 Å². The fourth-order valence-electron chi connectivity index (χ4n) is 1.30. The summed E-state index contributed by atoms with van der Waals surface area (Å²) in [6.07, 6.45) is 3.81. The molecule has 2 aromatic rings. The Labute approximate surface area is 109 Å². The molecule has 2 N–H and O–H groups in total. The largest absolute Gasteiger partial charge is 0.477 e. The Bertz CT molecular complexity index is 684. The third-order valence-corrected chi connectivity index (χ3v) is 3.55. The lowest BCUT2D eigenvalue weighted by molar-refractivity contribution is 0.0690. The lowest BCUT2D eigenvalue weighted by Crippen LogP contribution is -2.13. The molecule has 2 rings (SSSR count). The number of carboxylic acid groups (broad SMARTS) is 1. The number of carbonyl (C=O) groups is 1. The van der Waals surface area contributed by atoms with Gasteiger partial charge in [0.25, 0.3) is 10.0 Å². The quantitative estimate of drug-likeness (QED) is 0.863. The van der Waals surface area contributed by atoms with E-state index in [1.54, 1.807) is 0 Å². The molecule has 98 valence electrons. The fourth-order valence-corrected chi connectivity index (χ4v) is 2.31. The summed E-state index contributed by atoms with van der Waals surface area (Å²) >= 11 is 0. The maximum atomic E-state index is 11.9. The van der Waals surface area contributed by atoms with E-state index in [-0.39, 0.29) is 16.3 Å². The highest BCUT2D eigenvalue weighted by molar-refractivity contribution is 7.92. The highest BCUT2D eigenvalue weighted by Crippen LogP contribution is 2.14. The van der Waals surface area contributed by atoms with Crippen LogP contribution in [0.4, 0.5) is 5.69 Å². The normalized spacial score (nSPS) is 10.9. The van der Waals surface area contributed by atoms with Gasteiger partial charge in [-0.05, 0) is 24.3 Å². The Balaban J connectivity index is 2.24. The van der Waals surface area contributed by atoms with Crippen LogP contribution in [0.25, 0.3) is 0 Å². The Morgan fingerprint density at radius 2 is 2.00 bits per heavy atom. The van der Waals surface area contributed by atoms with Crippen molar-refractivity contribution in [1.82, 2.24) is 9.97 Å². The van der Waals surface area contributed by atoms with Gasteiger partial charge in [-0.2, -0.15) is 0 Å². The minimum absolute atomic E-state index is 0.0114. The summed E-state index contributed by atoms with van der Waals surface area (Å²) in [4.78, 5) is 18.0. The number of hydrogen-bond donors (Lipinski definition) is 2. The van der Waals surface area contributed by atoms with Crippen LogP contribution in [-0.4, -0.2) is 29.5 Å². The Morgan fingerprint density at radius 3 is 2.53 bits per heavy atom. The molecule has 7 nitrogen and oxygen atoms in total. The molecule has 0 atom stereocenters. The van der Waals surface area contributed by atoms with E-state index in [4.69, 9.17) is 5.11 Å². The topological polar surface area (TPSA) is 109 Å². The number of hydrogen-bond acceptors (Lipinski definition) is 5. The van der Waals surface area contributed by atoms with Crippen molar-refractivity contribution in [3.63, 3.8) is 0 Å². The molecule has 0 radical (unpaired) electrons. The molecule has 0 amide bonds. The zero-order valence-corrected chi connectivity index (χ0v) is 10.3. The van der Waals surface area contributed by atoms with Crippen LogP contribution in [0.15, 0.2) is 47.8 Å². The first-order valence-corrected chi connectivity index (χ1v) is 6.59. The van der Waals surface area contributed by atoms with Gasteiger partial charge in [-0.25, -0.2) is 18.2 Å². The molecule has 0 bridgehead atoms. The molecule has 0 saturated heterocycles. The Kier molecular flexibility index (Phi) is 3.43. The molecule has 0 aliphatic carbocycles. The van der Waals surface area contributed by atoms with Gasteiger partial charge in [-0.3, -0.25) is 9.71 Å². The van der Waals surface area contributed by atoms with E-state index in [0.29, 0.717) is 0 Å². The molecule has 0 aliphatic rings. The van der Waals surface area contributed by atoms with Gasteiger partial charge in [-0.15, -0.1) is 0 Å². The van der Waals surface area contributed by atoms with Crippen molar-refractivity contribution < 1.29 is 18.3 Å². The van der Waals surface area contributed by atoms with E-state index < -0.39 is 16.0 Å². The SMILES string of the molecule is O=C(O)c1ccc(NS(=O)(=O)c2cccnc2)cn1. The standard InChI is InChI=1S/C11H9N3O4S/c15-11(16)10-4-3-8(6-13-10)14-19(17,18)9-2-1-5-12-7-9/h1-7,14H,(H,15,16). The van der Waals surface area contributed by atoms with Crippen LogP contribution in [-0.2, 0) is 10.0 Å². The first-order chi connectivity index (χ1) is 8.99. The number of nitrogens with one attached hydrogen (secondary N) is 1. The average Bonchev–Trinajstić information content (AvgIpc) is 2.40. The molecule has 0 saturated carbocycles. The molecule has 0 aliphatic heterocycles. The molecule has 0 spiro atoms. The smallest absolute Gasteiger partial charge is 0.354 e. The number of anilines is 1.